The minimum Gasteiger partial charge on any atom is -0.492 e. The molecule has 1 aromatic carbocycles. The zero-order valence-corrected chi connectivity index (χ0v) is 12.5. The Morgan fingerprint density at radius 1 is 1.18 bits per heavy atom. The van der Waals surface area contributed by atoms with Crippen molar-refractivity contribution < 1.29 is 14.3 Å². The van der Waals surface area contributed by atoms with E-state index in [1.807, 2.05) is 42.5 Å². The zero-order valence-electron chi connectivity index (χ0n) is 12.5. The summed E-state index contributed by atoms with van der Waals surface area (Å²) in [6, 6.07) is 9.93. The van der Waals surface area contributed by atoms with Crippen molar-refractivity contribution in [2.24, 2.45) is 0 Å². The number of carbonyl (C=O) groups excluding carboxylic acids is 1. The van der Waals surface area contributed by atoms with Gasteiger partial charge in [-0.25, -0.2) is 4.79 Å². The second-order valence-corrected chi connectivity index (χ2v) is 5.18. The Labute approximate surface area is 130 Å². The normalized spacial score (nSPS) is 16.6. The van der Waals surface area contributed by atoms with Gasteiger partial charge in [-0.1, -0.05) is 54.6 Å². The van der Waals surface area contributed by atoms with Gasteiger partial charge in [0.15, 0.2) is 0 Å². The van der Waals surface area contributed by atoms with Crippen LogP contribution in [0, 0.1) is 0 Å². The van der Waals surface area contributed by atoms with Crippen molar-refractivity contribution >= 4 is 5.97 Å². The molecule has 112 valence electrons. The molecule has 3 heteroatoms. The summed E-state index contributed by atoms with van der Waals surface area (Å²) in [7, 11) is 1.40. The number of carbonyl (C=O) groups is 1. The summed E-state index contributed by atoms with van der Waals surface area (Å²) in [5.74, 6) is 0.344. The van der Waals surface area contributed by atoms with E-state index in [4.69, 9.17) is 9.47 Å². The average molecular weight is 294 g/mol. The molecule has 0 heterocycles. The fourth-order valence-electron chi connectivity index (χ4n) is 2.67. The van der Waals surface area contributed by atoms with Crippen molar-refractivity contribution in [3.63, 3.8) is 0 Å². The maximum Gasteiger partial charge on any atom is 0.341 e. The van der Waals surface area contributed by atoms with Gasteiger partial charge in [-0.15, -0.1) is 0 Å². The highest BCUT2D eigenvalue weighted by molar-refractivity contribution is 5.96. The van der Waals surface area contributed by atoms with Crippen LogP contribution >= 0.6 is 0 Å². The summed E-state index contributed by atoms with van der Waals surface area (Å²) >= 11 is 0. The Hall–Kier alpha value is -2.55. The number of hydrogen-bond acceptors (Lipinski definition) is 3. The first-order valence-corrected chi connectivity index (χ1v) is 7.35. The first kappa shape index (κ1) is 14.4. The first-order valence-electron chi connectivity index (χ1n) is 7.35. The van der Waals surface area contributed by atoms with Gasteiger partial charge in [0, 0.05) is 6.42 Å². The number of esters is 1. The number of methoxy groups -OCH3 is 1. The van der Waals surface area contributed by atoms with E-state index in [0.29, 0.717) is 24.4 Å². The predicted molar refractivity (Wildman–Crippen MR) is 84.8 cm³/mol. The van der Waals surface area contributed by atoms with E-state index in [0.717, 1.165) is 23.1 Å². The van der Waals surface area contributed by atoms with Crippen molar-refractivity contribution in [1.82, 2.24) is 0 Å². The zero-order chi connectivity index (χ0) is 15.4. The topological polar surface area (TPSA) is 35.5 Å². The number of allylic oxidation sites excluding steroid dienone is 5. The summed E-state index contributed by atoms with van der Waals surface area (Å²) in [4.78, 5) is 12.2. The number of hydrogen-bond donors (Lipinski definition) is 0. The largest absolute Gasteiger partial charge is 0.492 e. The van der Waals surface area contributed by atoms with E-state index in [1.165, 1.54) is 7.11 Å². The Kier molecular flexibility index (Phi) is 4.24. The molecule has 0 fully saturated rings. The van der Waals surface area contributed by atoms with Crippen LogP contribution < -0.4 is 0 Å². The maximum atomic E-state index is 12.2. The summed E-state index contributed by atoms with van der Waals surface area (Å²) < 4.78 is 10.9. The molecule has 0 aromatic heterocycles. The van der Waals surface area contributed by atoms with E-state index >= 15 is 0 Å². The van der Waals surface area contributed by atoms with Crippen LogP contribution in [0.15, 0.2) is 77.1 Å². The molecular formula is C19H18O3. The predicted octanol–water partition coefficient (Wildman–Crippen LogP) is 3.85. The van der Waals surface area contributed by atoms with E-state index in [2.05, 4.69) is 12.2 Å². The van der Waals surface area contributed by atoms with Gasteiger partial charge in [0.25, 0.3) is 0 Å². The van der Waals surface area contributed by atoms with Crippen LogP contribution in [0.25, 0.3) is 0 Å². The molecule has 1 aromatic rings. The Balaban J connectivity index is 1.87. The van der Waals surface area contributed by atoms with Crippen LogP contribution in [0.1, 0.15) is 18.4 Å². The molecule has 0 amide bonds. The van der Waals surface area contributed by atoms with Gasteiger partial charge in [-0.3, -0.25) is 0 Å². The Morgan fingerprint density at radius 3 is 2.77 bits per heavy atom. The quantitative estimate of drug-likeness (QED) is 0.791. The van der Waals surface area contributed by atoms with E-state index in [-0.39, 0.29) is 5.97 Å². The molecule has 0 atom stereocenters. The van der Waals surface area contributed by atoms with Crippen molar-refractivity contribution in [2.75, 3.05) is 7.11 Å². The van der Waals surface area contributed by atoms with Crippen LogP contribution in [-0.2, 0) is 20.9 Å². The highest BCUT2D eigenvalue weighted by Gasteiger charge is 2.27. The molecule has 2 aliphatic carbocycles. The molecule has 0 aliphatic heterocycles. The van der Waals surface area contributed by atoms with Gasteiger partial charge >= 0.3 is 5.97 Å². The molecule has 0 bridgehead atoms. The van der Waals surface area contributed by atoms with Crippen LogP contribution in [0.2, 0.25) is 0 Å². The lowest BCUT2D eigenvalue weighted by molar-refractivity contribution is -0.136. The smallest absolute Gasteiger partial charge is 0.341 e. The number of fused-ring (bicyclic) bond motifs is 1. The average Bonchev–Trinajstić information content (AvgIpc) is 2.59. The first-order chi connectivity index (χ1) is 10.8. The standard InChI is InChI=1S/C19H18O3/c1-21-19(20)18-16-10-6-5-9-15(16)11-12-17(18)22-13-14-7-3-2-4-8-14/h2-5,7-11H,6,12-13H2,1H3. The fourth-order valence-corrected chi connectivity index (χ4v) is 2.67. The lowest BCUT2D eigenvalue weighted by Gasteiger charge is -2.23. The summed E-state index contributed by atoms with van der Waals surface area (Å²) in [6.45, 7) is 0.447. The van der Waals surface area contributed by atoms with Gasteiger partial charge in [-0.05, 0) is 23.1 Å². The Bertz CT molecular complexity index is 691. The number of rotatable bonds is 4. The molecule has 0 spiro atoms. The van der Waals surface area contributed by atoms with E-state index < -0.39 is 0 Å². The van der Waals surface area contributed by atoms with Crippen LogP contribution in [-0.4, -0.2) is 13.1 Å². The summed E-state index contributed by atoms with van der Waals surface area (Å²) in [5.41, 5.74) is 3.62. The third kappa shape index (κ3) is 2.89. The second-order valence-electron chi connectivity index (χ2n) is 5.18. The molecule has 0 radical (unpaired) electrons. The van der Waals surface area contributed by atoms with Crippen LogP contribution in [0.3, 0.4) is 0 Å². The van der Waals surface area contributed by atoms with Crippen LogP contribution in [0.4, 0.5) is 0 Å². The van der Waals surface area contributed by atoms with E-state index in [1.54, 1.807) is 0 Å². The van der Waals surface area contributed by atoms with Gasteiger partial charge < -0.3 is 9.47 Å². The maximum absolute atomic E-state index is 12.2. The third-order valence-electron chi connectivity index (χ3n) is 3.77. The monoisotopic (exact) mass is 294 g/mol. The van der Waals surface area contributed by atoms with Crippen molar-refractivity contribution in [2.45, 2.75) is 19.4 Å². The highest BCUT2D eigenvalue weighted by atomic mass is 16.5. The molecule has 2 aliphatic rings. The third-order valence-corrected chi connectivity index (χ3v) is 3.77. The molecule has 22 heavy (non-hydrogen) atoms. The molecule has 0 unspecified atom stereocenters. The van der Waals surface area contributed by atoms with Crippen LogP contribution in [0.5, 0.6) is 0 Å². The Morgan fingerprint density at radius 2 is 2.00 bits per heavy atom. The van der Waals surface area contributed by atoms with Gasteiger partial charge in [0.2, 0.25) is 0 Å². The number of ether oxygens (including phenoxy) is 2. The molecule has 3 nitrogen and oxygen atoms in total. The van der Waals surface area contributed by atoms with Crippen molar-refractivity contribution in [3.05, 3.63) is 82.7 Å². The van der Waals surface area contributed by atoms with E-state index in [9.17, 15) is 4.79 Å². The second kappa shape index (κ2) is 6.48. The number of benzene rings is 1. The molecule has 0 saturated heterocycles. The molecule has 0 saturated carbocycles. The van der Waals surface area contributed by atoms with Crippen molar-refractivity contribution in [3.8, 4) is 0 Å². The van der Waals surface area contributed by atoms with Gasteiger partial charge in [-0.2, -0.15) is 0 Å². The lowest BCUT2D eigenvalue weighted by atomic mass is 9.87. The molecule has 0 N–H and O–H groups in total. The lowest BCUT2D eigenvalue weighted by Crippen LogP contribution is -2.16. The van der Waals surface area contributed by atoms with Gasteiger partial charge in [0.05, 0.1) is 7.11 Å². The summed E-state index contributed by atoms with van der Waals surface area (Å²) in [6.07, 6.45) is 9.69. The molecule has 3 rings (SSSR count). The minimum absolute atomic E-state index is 0.338. The minimum atomic E-state index is -0.338. The fraction of sp³-hybridized carbons (Fsp3) is 0.211. The highest BCUT2D eigenvalue weighted by Crippen LogP contribution is 2.34. The van der Waals surface area contributed by atoms with Crippen molar-refractivity contribution in [1.29, 1.82) is 0 Å². The SMILES string of the molecule is COC(=O)C1=C(OCc2ccccc2)CC=C2C=CCC=C21. The molecular weight excluding hydrogens is 276 g/mol. The summed E-state index contributed by atoms with van der Waals surface area (Å²) in [5, 5.41) is 0. The van der Waals surface area contributed by atoms with Gasteiger partial charge in [0.1, 0.15) is 17.9 Å².